The summed E-state index contributed by atoms with van der Waals surface area (Å²) in [5, 5.41) is 3.00. The molecule has 1 aromatic heterocycles. The maximum absolute atomic E-state index is 11.9. The molecule has 0 fully saturated rings. The third-order valence-corrected chi connectivity index (χ3v) is 3.44. The van der Waals surface area contributed by atoms with Crippen molar-refractivity contribution in [2.75, 3.05) is 5.88 Å². The first-order chi connectivity index (χ1) is 7.67. The Bertz CT molecular complexity index is 328. The van der Waals surface area contributed by atoms with E-state index in [0.717, 1.165) is 12.8 Å². The van der Waals surface area contributed by atoms with Gasteiger partial charge in [0.05, 0.1) is 5.54 Å². The molecule has 0 aliphatic carbocycles. The van der Waals surface area contributed by atoms with E-state index < -0.39 is 0 Å². The van der Waals surface area contributed by atoms with Crippen LogP contribution in [0.15, 0.2) is 24.5 Å². The Morgan fingerprint density at radius 2 is 1.94 bits per heavy atom. The van der Waals surface area contributed by atoms with Crippen LogP contribution in [0.5, 0.6) is 0 Å². The average molecular weight is 241 g/mol. The molecule has 0 unspecified atom stereocenters. The van der Waals surface area contributed by atoms with Crippen LogP contribution in [0.25, 0.3) is 0 Å². The van der Waals surface area contributed by atoms with Crippen molar-refractivity contribution in [3.8, 4) is 0 Å². The minimum absolute atomic E-state index is 0.0910. The SMILES string of the molecule is CCC(CC)(CCl)NC(=O)c1ccncc1. The summed E-state index contributed by atoms with van der Waals surface area (Å²) in [5.41, 5.74) is 0.313. The number of nitrogens with one attached hydrogen (secondary N) is 1. The third kappa shape index (κ3) is 2.95. The van der Waals surface area contributed by atoms with Gasteiger partial charge in [0, 0.05) is 23.8 Å². The fourth-order valence-electron chi connectivity index (χ4n) is 1.47. The lowest BCUT2D eigenvalue weighted by Gasteiger charge is -2.30. The number of carbonyl (C=O) groups excluding carboxylic acids is 1. The van der Waals surface area contributed by atoms with Gasteiger partial charge in [-0.2, -0.15) is 0 Å². The van der Waals surface area contributed by atoms with Crippen molar-refractivity contribution >= 4 is 17.5 Å². The number of nitrogens with zero attached hydrogens (tertiary/aromatic N) is 1. The van der Waals surface area contributed by atoms with Gasteiger partial charge in [-0.15, -0.1) is 11.6 Å². The van der Waals surface area contributed by atoms with Crippen molar-refractivity contribution in [2.45, 2.75) is 32.2 Å². The number of hydrogen-bond acceptors (Lipinski definition) is 2. The second-order valence-electron chi connectivity index (χ2n) is 3.81. The maximum atomic E-state index is 11.9. The highest BCUT2D eigenvalue weighted by atomic mass is 35.5. The summed E-state index contributed by atoms with van der Waals surface area (Å²) in [6.45, 7) is 4.05. The number of amides is 1. The van der Waals surface area contributed by atoms with Gasteiger partial charge in [0.1, 0.15) is 0 Å². The van der Waals surface area contributed by atoms with E-state index in [1.807, 2.05) is 13.8 Å². The Balaban J connectivity index is 2.77. The van der Waals surface area contributed by atoms with Gasteiger partial charge >= 0.3 is 0 Å². The van der Waals surface area contributed by atoms with Gasteiger partial charge < -0.3 is 5.32 Å². The minimum Gasteiger partial charge on any atom is -0.345 e. The molecule has 1 heterocycles. The van der Waals surface area contributed by atoms with E-state index in [2.05, 4.69) is 10.3 Å². The summed E-state index contributed by atoms with van der Waals surface area (Å²) >= 11 is 5.93. The Kier molecular flexibility index (Phi) is 4.74. The normalized spacial score (nSPS) is 11.2. The molecular weight excluding hydrogens is 224 g/mol. The number of halogens is 1. The summed E-state index contributed by atoms with van der Waals surface area (Å²) in [6.07, 6.45) is 4.86. The molecule has 0 atom stereocenters. The van der Waals surface area contributed by atoms with E-state index in [1.165, 1.54) is 0 Å². The van der Waals surface area contributed by atoms with E-state index in [-0.39, 0.29) is 11.4 Å². The van der Waals surface area contributed by atoms with Crippen molar-refractivity contribution in [1.82, 2.24) is 10.3 Å². The molecule has 1 aromatic rings. The van der Waals surface area contributed by atoms with Crippen LogP contribution in [0.1, 0.15) is 37.0 Å². The first kappa shape index (κ1) is 13.0. The van der Waals surface area contributed by atoms with Gasteiger partial charge in [-0.25, -0.2) is 0 Å². The zero-order chi connectivity index (χ0) is 12.0. The fourth-order valence-corrected chi connectivity index (χ4v) is 1.91. The fraction of sp³-hybridized carbons (Fsp3) is 0.500. The summed E-state index contributed by atoms with van der Waals surface area (Å²) in [4.78, 5) is 15.8. The Morgan fingerprint density at radius 1 is 1.38 bits per heavy atom. The van der Waals surface area contributed by atoms with Crippen LogP contribution in [0, 0.1) is 0 Å². The van der Waals surface area contributed by atoms with Crippen molar-refractivity contribution < 1.29 is 4.79 Å². The zero-order valence-corrected chi connectivity index (χ0v) is 10.4. The molecule has 1 amide bonds. The molecular formula is C12H17ClN2O. The predicted molar refractivity (Wildman–Crippen MR) is 65.7 cm³/mol. The van der Waals surface area contributed by atoms with Crippen LogP contribution in [0.2, 0.25) is 0 Å². The summed E-state index contributed by atoms with van der Waals surface area (Å²) < 4.78 is 0. The van der Waals surface area contributed by atoms with Crippen molar-refractivity contribution in [2.24, 2.45) is 0 Å². The van der Waals surface area contributed by atoms with Crippen LogP contribution < -0.4 is 5.32 Å². The topological polar surface area (TPSA) is 42.0 Å². The number of hydrogen-bond donors (Lipinski definition) is 1. The molecule has 0 aliphatic rings. The third-order valence-electron chi connectivity index (χ3n) is 2.93. The monoisotopic (exact) mass is 240 g/mol. The van der Waals surface area contributed by atoms with Gasteiger partial charge in [0.15, 0.2) is 0 Å². The second kappa shape index (κ2) is 5.85. The molecule has 3 nitrogen and oxygen atoms in total. The number of carbonyl (C=O) groups is 1. The van der Waals surface area contributed by atoms with E-state index in [0.29, 0.717) is 11.4 Å². The molecule has 0 saturated carbocycles. The van der Waals surface area contributed by atoms with E-state index in [9.17, 15) is 4.79 Å². The van der Waals surface area contributed by atoms with Crippen molar-refractivity contribution in [3.63, 3.8) is 0 Å². The maximum Gasteiger partial charge on any atom is 0.251 e. The molecule has 88 valence electrons. The first-order valence-electron chi connectivity index (χ1n) is 5.46. The van der Waals surface area contributed by atoms with E-state index >= 15 is 0 Å². The van der Waals surface area contributed by atoms with Gasteiger partial charge in [0.2, 0.25) is 0 Å². The van der Waals surface area contributed by atoms with E-state index in [4.69, 9.17) is 11.6 Å². The van der Waals surface area contributed by atoms with Crippen LogP contribution in [0.4, 0.5) is 0 Å². The molecule has 0 aromatic carbocycles. The quantitative estimate of drug-likeness (QED) is 0.804. The molecule has 1 N–H and O–H groups in total. The van der Waals surface area contributed by atoms with Crippen LogP contribution >= 0.6 is 11.6 Å². The lowest BCUT2D eigenvalue weighted by Crippen LogP contribution is -2.49. The Morgan fingerprint density at radius 3 is 2.38 bits per heavy atom. The first-order valence-corrected chi connectivity index (χ1v) is 5.99. The summed E-state index contributed by atoms with van der Waals surface area (Å²) in [5.74, 6) is 0.336. The summed E-state index contributed by atoms with van der Waals surface area (Å²) in [6, 6.07) is 3.39. The minimum atomic E-state index is -0.304. The Labute approximate surface area is 101 Å². The van der Waals surface area contributed by atoms with Crippen LogP contribution in [-0.2, 0) is 0 Å². The molecule has 0 bridgehead atoms. The standard InChI is InChI=1S/C12H17ClN2O/c1-3-12(4-2,9-13)15-11(16)10-5-7-14-8-6-10/h5-8H,3-4,9H2,1-2H3,(H,15,16). The molecule has 16 heavy (non-hydrogen) atoms. The lowest BCUT2D eigenvalue weighted by atomic mass is 9.95. The van der Waals surface area contributed by atoms with Crippen LogP contribution in [0.3, 0.4) is 0 Å². The molecule has 1 rings (SSSR count). The highest BCUT2D eigenvalue weighted by Gasteiger charge is 2.27. The predicted octanol–water partition coefficient (Wildman–Crippen LogP) is 2.61. The average Bonchev–Trinajstić information content (AvgIpc) is 2.37. The second-order valence-corrected chi connectivity index (χ2v) is 4.08. The van der Waals surface area contributed by atoms with Gasteiger partial charge in [-0.3, -0.25) is 9.78 Å². The number of pyridine rings is 1. The zero-order valence-electron chi connectivity index (χ0n) is 9.66. The van der Waals surface area contributed by atoms with E-state index in [1.54, 1.807) is 24.5 Å². The molecule has 0 spiro atoms. The number of aromatic nitrogens is 1. The van der Waals surface area contributed by atoms with Gasteiger partial charge in [-0.05, 0) is 25.0 Å². The van der Waals surface area contributed by atoms with Gasteiger partial charge in [0.25, 0.3) is 5.91 Å². The largest absolute Gasteiger partial charge is 0.345 e. The molecule has 0 radical (unpaired) electrons. The molecule has 4 heteroatoms. The molecule has 0 aliphatic heterocycles. The Hall–Kier alpha value is -1.09. The van der Waals surface area contributed by atoms with Crippen LogP contribution in [-0.4, -0.2) is 22.3 Å². The summed E-state index contributed by atoms with van der Waals surface area (Å²) in [7, 11) is 0. The smallest absolute Gasteiger partial charge is 0.251 e. The van der Waals surface area contributed by atoms with Crippen molar-refractivity contribution in [3.05, 3.63) is 30.1 Å². The highest BCUT2D eigenvalue weighted by Crippen LogP contribution is 2.17. The number of alkyl halides is 1. The number of rotatable bonds is 5. The lowest BCUT2D eigenvalue weighted by molar-refractivity contribution is 0.0902. The highest BCUT2D eigenvalue weighted by molar-refractivity contribution is 6.18. The van der Waals surface area contributed by atoms with Crippen molar-refractivity contribution in [1.29, 1.82) is 0 Å². The van der Waals surface area contributed by atoms with Gasteiger partial charge in [-0.1, -0.05) is 13.8 Å². The molecule has 0 saturated heterocycles.